The van der Waals surface area contributed by atoms with Crippen LogP contribution in [0.15, 0.2) is 57.0 Å². The first-order chi connectivity index (χ1) is 11.0. The van der Waals surface area contributed by atoms with E-state index < -0.39 is 11.8 Å². The average molecular weight is 438 g/mol. The molecule has 2 amide bonds. The first kappa shape index (κ1) is 15.8. The number of phenolic OH excluding ortho intramolecular Hbond substituents is 1. The Hall–Kier alpha value is -2.12. The highest BCUT2D eigenvalue weighted by Crippen LogP contribution is 2.34. The average Bonchev–Trinajstić information content (AvgIpc) is 2.81. The molecule has 1 saturated heterocycles. The van der Waals surface area contributed by atoms with Gasteiger partial charge in [0.2, 0.25) is 0 Å². The fraction of sp³-hybridized carbons (Fsp3) is 0. The van der Waals surface area contributed by atoms with Crippen molar-refractivity contribution in [2.45, 2.75) is 0 Å². The molecule has 2 aromatic carbocycles. The third kappa shape index (κ3) is 3.02. The van der Waals surface area contributed by atoms with E-state index in [1.165, 1.54) is 11.1 Å². The first-order valence-corrected chi connectivity index (χ1v) is 8.16. The number of carbonyl (C=O) groups excluding carboxylic acids is 2. The van der Waals surface area contributed by atoms with Crippen molar-refractivity contribution in [3.63, 3.8) is 0 Å². The summed E-state index contributed by atoms with van der Waals surface area (Å²) in [7, 11) is 0. The van der Waals surface area contributed by atoms with Gasteiger partial charge in [-0.15, -0.1) is 0 Å². The number of anilines is 1. The van der Waals surface area contributed by atoms with Crippen molar-refractivity contribution in [1.29, 1.82) is 0 Å². The molecule has 1 fully saturated rings. The molecule has 0 saturated carbocycles. The second-order valence-corrected chi connectivity index (χ2v) is 6.52. The number of nitrogens with one attached hydrogen (secondary N) is 1. The SMILES string of the molecule is O=C1NN(c2ccccc2)C(=O)C1=Cc1cc(Br)c(O)c(Br)c1. The molecule has 23 heavy (non-hydrogen) atoms. The van der Waals surface area contributed by atoms with Crippen LogP contribution in [0.25, 0.3) is 6.08 Å². The number of halogens is 2. The molecule has 2 aromatic rings. The molecular weight excluding hydrogens is 428 g/mol. The van der Waals surface area contributed by atoms with E-state index in [-0.39, 0.29) is 11.3 Å². The fourth-order valence-electron chi connectivity index (χ4n) is 2.15. The van der Waals surface area contributed by atoms with E-state index in [0.717, 1.165) is 0 Å². The van der Waals surface area contributed by atoms with Gasteiger partial charge in [0, 0.05) is 0 Å². The van der Waals surface area contributed by atoms with Crippen molar-refractivity contribution in [1.82, 2.24) is 5.43 Å². The van der Waals surface area contributed by atoms with Crippen LogP contribution in [0.5, 0.6) is 5.75 Å². The van der Waals surface area contributed by atoms with Gasteiger partial charge in [0.15, 0.2) is 0 Å². The number of nitrogens with zero attached hydrogens (tertiary/aromatic N) is 1. The van der Waals surface area contributed by atoms with Gasteiger partial charge < -0.3 is 5.11 Å². The van der Waals surface area contributed by atoms with Gasteiger partial charge in [-0.05, 0) is 67.8 Å². The van der Waals surface area contributed by atoms with Gasteiger partial charge in [-0.2, -0.15) is 0 Å². The van der Waals surface area contributed by atoms with Gasteiger partial charge in [-0.1, -0.05) is 18.2 Å². The van der Waals surface area contributed by atoms with E-state index in [1.807, 2.05) is 6.07 Å². The Balaban J connectivity index is 1.97. The molecule has 5 nitrogen and oxygen atoms in total. The Kier molecular flexibility index (Phi) is 4.23. The number of hydrogen-bond donors (Lipinski definition) is 2. The minimum Gasteiger partial charge on any atom is -0.506 e. The molecule has 1 aliphatic heterocycles. The summed E-state index contributed by atoms with van der Waals surface area (Å²) in [6.45, 7) is 0. The maximum absolute atomic E-state index is 12.5. The maximum Gasteiger partial charge on any atom is 0.282 e. The van der Waals surface area contributed by atoms with Crippen LogP contribution in [-0.4, -0.2) is 16.9 Å². The number of hydrazine groups is 1. The highest BCUT2D eigenvalue weighted by molar-refractivity contribution is 9.11. The third-order valence-corrected chi connectivity index (χ3v) is 4.47. The zero-order chi connectivity index (χ0) is 16.6. The van der Waals surface area contributed by atoms with E-state index >= 15 is 0 Å². The number of aromatic hydroxyl groups is 1. The van der Waals surface area contributed by atoms with E-state index in [4.69, 9.17) is 0 Å². The van der Waals surface area contributed by atoms with Crippen LogP contribution >= 0.6 is 31.9 Å². The number of hydrogen-bond acceptors (Lipinski definition) is 3. The van der Waals surface area contributed by atoms with Crippen molar-refractivity contribution in [3.8, 4) is 5.75 Å². The second kappa shape index (κ2) is 6.17. The smallest absolute Gasteiger partial charge is 0.282 e. The van der Waals surface area contributed by atoms with Gasteiger partial charge in [0.25, 0.3) is 11.8 Å². The zero-order valence-electron chi connectivity index (χ0n) is 11.6. The highest BCUT2D eigenvalue weighted by Gasteiger charge is 2.34. The van der Waals surface area contributed by atoms with Crippen LogP contribution in [0, 0.1) is 0 Å². The van der Waals surface area contributed by atoms with E-state index in [0.29, 0.717) is 20.2 Å². The van der Waals surface area contributed by atoms with E-state index in [2.05, 4.69) is 37.3 Å². The van der Waals surface area contributed by atoms with Crippen molar-refractivity contribution < 1.29 is 14.7 Å². The summed E-state index contributed by atoms with van der Waals surface area (Å²) >= 11 is 6.44. The van der Waals surface area contributed by atoms with Gasteiger partial charge >= 0.3 is 0 Å². The number of amides is 2. The second-order valence-electron chi connectivity index (χ2n) is 4.81. The monoisotopic (exact) mass is 436 g/mol. The van der Waals surface area contributed by atoms with Gasteiger partial charge in [-0.3, -0.25) is 15.0 Å². The van der Waals surface area contributed by atoms with Crippen molar-refractivity contribution in [2.75, 3.05) is 5.01 Å². The molecule has 0 spiro atoms. The highest BCUT2D eigenvalue weighted by atomic mass is 79.9. The van der Waals surface area contributed by atoms with Crippen LogP contribution in [-0.2, 0) is 9.59 Å². The van der Waals surface area contributed by atoms with Crippen LogP contribution in [0.4, 0.5) is 5.69 Å². The molecule has 0 bridgehead atoms. The lowest BCUT2D eigenvalue weighted by atomic mass is 10.1. The molecule has 0 atom stereocenters. The Bertz CT molecular complexity index is 811. The molecule has 116 valence electrons. The summed E-state index contributed by atoms with van der Waals surface area (Å²) in [5, 5.41) is 10.9. The maximum atomic E-state index is 12.5. The molecular formula is C16H10Br2N2O3. The quantitative estimate of drug-likeness (QED) is 0.559. The summed E-state index contributed by atoms with van der Waals surface area (Å²) in [4.78, 5) is 24.6. The molecule has 0 unspecified atom stereocenters. The number of para-hydroxylation sites is 1. The largest absolute Gasteiger partial charge is 0.506 e. The van der Waals surface area contributed by atoms with E-state index in [1.54, 1.807) is 36.4 Å². The topological polar surface area (TPSA) is 69.6 Å². The molecule has 1 aliphatic rings. The minimum atomic E-state index is -0.473. The molecule has 0 radical (unpaired) electrons. The molecule has 3 rings (SSSR count). The van der Waals surface area contributed by atoms with Gasteiger partial charge in [-0.25, -0.2) is 5.01 Å². The van der Waals surface area contributed by atoms with Crippen molar-refractivity contribution in [3.05, 3.63) is 62.5 Å². The Morgan fingerprint density at radius 3 is 2.26 bits per heavy atom. The van der Waals surface area contributed by atoms with Crippen LogP contribution in [0.3, 0.4) is 0 Å². The number of phenols is 1. The normalized spacial score (nSPS) is 16.1. The molecule has 2 N–H and O–H groups in total. The number of carbonyl (C=O) groups is 2. The van der Waals surface area contributed by atoms with Gasteiger partial charge in [0.05, 0.1) is 14.6 Å². The summed E-state index contributed by atoms with van der Waals surface area (Å²) in [6, 6.07) is 12.1. The third-order valence-electron chi connectivity index (χ3n) is 3.26. The lowest BCUT2D eigenvalue weighted by molar-refractivity contribution is -0.117. The lowest BCUT2D eigenvalue weighted by Crippen LogP contribution is -2.35. The Morgan fingerprint density at radius 1 is 1.04 bits per heavy atom. The van der Waals surface area contributed by atoms with Crippen molar-refractivity contribution in [2.24, 2.45) is 0 Å². The Labute approximate surface area is 148 Å². The predicted octanol–water partition coefficient (Wildman–Crippen LogP) is 3.38. The zero-order valence-corrected chi connectivity index (χ0v) is 14.8. The van der Waals surface area contributed by atoms with Crippen molar-refractivity contribution >= 4 is 55.4 Å². The standard InChI is InChI=1S/C16H10Br2N2O3/c17-12-7-9(8-13(18)14(12)21)6-11-15(22)19-20(16(11)23)10-4-2-1-3-5-10/h1-8,21H,(H,19,22). The first-order valence-electron chi connectivity index (χ1n) is 6.57. The minimum absolute atomic E-state index is 0.0262. The van der Waals surface area contributed by atoms with Crippen LogP contribution in [0.2, 0.25) is 0 Å². The molecule has 0 aliphatic carbocycles. The predicted molar refractivity (Wildman–Crippen MR) is 93.6 cm³/mol. The van der Waals surface area contributed by atoms with Crippen LogP contribution in [0.1, 0.15) is 5.56 Å². The summed E-state index contributed by atoms with van der Waals surface area (Å²) in [5.41, 5.74) is 3.75. The summed E-state index contributed by atoms with van der Waals surface area (Å²) in [6.07, 6.45) is 1.48. The summed E-state index contributed by atoms with van der Waals surface area (Å²) in [5.74, 6) is -0.846. The van der Waals surface area contributed by atoms with Crippen LogP contribution < -0.4 is 10.4 Å². The number of benzene rings is 2. The molecule has 7 heteroatoms. The number of rotatable bonds is 2. The molecule has 0 aromatic heterocycles. The van der Waals surface area contributed by atoms with Gasteiger partial charge in [0.1, 0.15) is 11.3 Å². The lowest BCUT2D eigenvalue weighted by Gasteiger charge is -2.13. The Morgan fingerprint density at radius 2 is 1.65 bits per heavy atom. The van der Waals surface area contributed by atoms with E-state index in [9.17, 15) is 14.7 Å². The molecule has 1 heterocycles. The summed E-state index contributed by atoms with van der Waals surface area (Å²) < 4.78 is 0.925. The fourth-order valence-corrected chi connectivity index (χ4v) is 3.37.